The van der Waals surface area contributed by atoms with Crippen molar-refractivity contribution in [2.75, 3.05) is 41.0 Å². The van der Waals surface area contributed by atoms with E-state index in [1.807, 2.05) is 36.6 Å². The summed E-state index contributed by atoms with van der Waals surface area (Å²) in [6.07, 6.45) is 4.94. The molecule has 0 spiro atoms. The first-order chi connectivity index (χ1) is 21.1. The van der Waals surface area contributed by atoms with Crippen LogP contribution in [-0.2, 0) is 16.6 Å². The molecule has 0 bridgehead atoms. The molecule has 45 heavy (non-hydrogen) atoms. The first-order valence-corrected chi connectivity index (χ1v) is 17.3. The summed E-state index contributed by atoms with van der Waals surface area (Å²) in [5.41, 5.74) is 3.60. The first kappa shape index (κ1) is 34.1. The van der Waals surface area contributed by atoms with Crippen molar-refractivity contribution in [1.82, 2.24) is 4.90 Å². The van der Waals surface area contributed by atoms with Gasteiger partial charge < -0.3 is 15.4 Å². The number of nitrogens with one attached hydrogen (secondary N) is 3. The van der Waals surface area contributed by atoms with Crippen molar-refractivity contribution in [1.29, 1.82) is 0 Å². The molecule has 5 rings (SSSR count). The van der Waals surface area contributed by atoms with E-state index >= 15 is 0 Å². The zero-order chi connectivity index (χ0) is 31.1. The molecule has 3 N–H and O–H groups in total. The molecule has 1 heterocycles. The fraction of sp³-hybridized carbons (Fsp3) is 0.242. The van der Waals surface area contributed by atoms with Gasteiger partial charge in [0.15, 0.2) is 0 Å². The van der Waals surface area contributed by atoms with Gasteiger partial charge in [-0.3, -0.25) is 14.4 Å². The molecule has 8 nitrogen and oxygen atoms in total. The average Bonchev–Trinajstić information content (AvgIpc) is 3.00. The Hall–Kier alpha value is -3.77. The molecular weight excluding hydrogens is 635 g/mol. The van der Waals surface area contributed by atoms with Crippen LogP contribution in [0.2, 0.25) is 0 Å². The van der Waals surface area contributed by atoms with Crippen LogP contribution in [0.1, 0.15) is 28.8 Å². The number of halogens is 2. The Bertz CT molecular complexity index is 1680. The Morgan fingerprint density at radius 2 is 1.51 bits per heavy atom. The second kappa shape index (κ2) is 15.5. The van der Waals surface area contributed by atoms with E-state index in [4.69, 9.17) is 4.74 Å². The van der Waals surface area contributed by atoms with E-state index in [2.05, 4.69) is 32.4 Å². The second-order valence-electron chi connectivity index (χ2n) is 10.7. The third-order valence-corrected chi connectivity index (χ3v) is 8.63. The Labute approximate surface area is 274 Å². The van der Waals surface area contributed by atoms with Gasteiger partial charge in [-0.05, 0) is 97.5 Å². The maximum atomic E-state index is 13.3. The molecule has 0 atom stereocenters. The lowest BCUT2D eigenvalue weighted by Crippen LogP contribution is -2.39. The van der Waals surface area contributed by atoms with Crippen LogP contribution in [0.25, 0.3) is 0 Å². The summed E-state index contributed by atoms with van der Waals surface area (Å²) >= 11 is 1.52. The van der Waals surface area contributed by atoms with Crippen molar-refractivity contribution in [2.45, 2.75) is 30.3 Å². The van der Waals surface area contributed by atoms with Gasteiger partial charge in [0.2, 0.25) is 10.0 Å². The van der Waals surface area contributed by atoms with E-state index in [-0.39, 0.29) is 30.2 Å². The van der Waals surface area contributed by atoms with Gasteiger partial charge >= 0.3 is 0 Å². The fourth-order valence-corrected chi connectivity index (χ4v) is 6.29. The van der Waals surface area contributed by atoms with Gasteiger partial charge in [-0.25, -0.2) is 12.8 Å². The minimum absolute atomic E-state index is 0. The monoisotopic (exact) mass is 670 g/mol. The quantitative estimate of drug-likeness (QED) is 0.143. The summed E-state index contributed by atoms with van der Waals surface area (Å²) in [5.74, 6) is 0.741. The molecule has 0 aliphatic carbocycles. The van der Waals surface area contributed by atoms with Crippen molar-refractivity contribution in [3.8, 4) is 11.5 Å². The average molecular weight is 671 g/mol. The predicted molar refractivity (Wildman–Crippen MR) is 183 cm³/mol. The molecule has 1 amide bonds. The molecular formula is C33H36ClFN4O4S2. The van der Waals surface area contributed by atoms with Crippen molar-refractivity contribution >= 4 is 57.2 Å². The Kier molecular flexibility index (Phi) is 11.7. The Morgan fingerprint density at radius 1 is 0.911 bits per heavy atom. The standard InChI is InChI=1S/C33H35FN4O4S2.ClH/c1-43-31-5-3-4-30(32(31)33(39)36-25-10-8-24(34)9-11-25)35-26-18-20-38(21-19-26)22-23-6-14-28(15-7-23)42-29-16-12-27(13-17-29)37-44(2,40)41;/h3-17,26,35,37H,18-22H2,1-2H3,(H,36,39);1H. The summed E-state index contributed by atoms with van der Waals surface area (Å²) < 4.78 is 44.4. The molecule has 0 saturated carbocycles. The van der Waals surface area contributed by atoms with Gasteiger partial charge in [0.25, 0.3) is 5.91 Å². The number of piperidine rings is 1. The van der Waals surface area contributed by atoms with Crippen LogP contribution >= 0.6 is 24.2 Å². The van der Waals surface area contributed by atoms with Gasteiger partial charge in [0.05, 0.1) is 11.8 Å². The van der Waals surface area contributed by atoms with Crippen molar-refractivity contribution < 1.29 is 22.3 Å². The summed E-state index contributed by atoms with van der Waals surface area (Å²) in [7, 11) is -3.32. The van der Waals surface area contributed by atoms with Crippen LogP contribution in [0.4, 0.5) is 21.5 Å². The molecule has 12 heteroatoms. The lowest BCUT2D eigenvalue weighted by atomic mass is 10.0. The third kappa shape index (κ3) is 9.86. The van der Waals surface area contributed by atoms with Crippen LogP contribution in [0.3, 0.4) is 0 Å². The van der Waals surface area contributed by atoms with Crippen LogP contribution in [0, 0.1) is 5.82 Å². The van der Waals surface area contributed by atoms with Gasteiger partial charge in [0.1, 0.15) is 17.3 Å². The lowest BCUT2D eigenvalue weighted by molar-refractivity contribution is 0.102. The highest BCUT2D eigenvalue weighted by molar-refractivity contribution is 7.98. The Morgan fingerprint density at radius 3 is 2.11 bits per heavy atom. The number of hydrogen-bond acceptors (Lipinski definition) is 7. The normalized spacial score (nSPS) is 13.8. The summed E-state index contributed by atoms with van der Waals surface area (Å²) in [4.78, 5) is 16.6. The third-order valence-electron chi connectivity index (χ3n) is 7.25. The van der Waals surface area contributed by atoms with Gasteiger partial charge in [-0.15, -0.1) is 24.2 Å². The number of sulfonamides is 1. The molecule has 4 aromatic carbocycles. The van der Waals surface area contributed by atoms with Gasteiger partial charge in [0, 0.05) is 47.6 Å². The van der Waals surface area contributed by atoms with E-state index in [9.17, 15) is 17.6 Å². The maximum Gasteiger partial charge on any atom is 0.258 e. The van der Waals surface area contributed by atoms with Crippen molar-refractivity contribution in [3.63, 3.8) is 0 Å². The molecule has 1 aliphatic heterocycles. The van der Waals surface area contributed by atoms with E-state index in [1.54, 1.807) is 36.4 Å². The summed E-state index contributed by atoms with van der Waals surface area (Å²) in [6, 6.07) is 26.6. The van der Waals surface area contributed by atoms with Gasteiger partial charge in [-0.1, -0.05) is 18.2 Å². The van der Waals surface area contributed by atoms with Crippen molar-refractivity contribution in [3.05, 3.63) is 108 Å². The molecule has 1 saturated heterocycles. The summed E-state index contributed by atoms with van der Waals surface area (Å²) in [5, 5.41) is 6.52. The largest absolute Gasteiger partial charge is 0.457 e. The molecule has 0 radical (unpaired) electrons. The number of carbonyl (C=O) groups is 1. The van der Waals surface area contributed by atoms with Gasteiger partial charge in [-0.2, -0.15) is 0 Å². The topological polar surface area (TPSA) is 99.8 Å². The summed E-state index contributed by atoms with van der Waals surface area (Å²) in [6.45, 7) is 2.67. The zero-order valence-corrected chi connectivity index (χ0v) is 27.4. The lowest BCUT2D eigenvalue weighted by Gasteiger charge is -2.33. The zero-order valence-electron chi connectivity index (χ0n) is 25.0. The van der Waals surface area contributed by atoms with E-state index in [0.717, 1.165) is 49.3 Å². The van der Waals surface area contributed by atoms with E-state index in [1.165, 1.54) is 29.5 Å². The molecule has 4 aromatic rings. The molecule has 0 aromatic heterocycles. The number of anilines is 3. The van der Waals surface area contributed by atoms with Crippen LogP contribution in [-0.4, -0.2) is 50.9 Å². The highest BCUT2D eigenvalue weighted by atomic mass is 35.5. The number of rotatable bonds is 11. The van der Waals surface area contributed by atoms with E-state index in [0.29, 0.717) is 28.4 Å². The van der Waals surface area contributed by atoms with E-state index < -0.39 is 10.0 Å². The number of hydrogen-bond donors (Lipinski definition) is 3. The number of carbonyl (C=O) groups excluding carboxylic acids is 1. The number of ether oxygens (including phenoxy) is 1. The molecule has 1 fully saturated rings. The highest BCUT2D eigenvalue weighted by Gasteiger charge is 2.23. The maximum absolute atomic E-state index is 13.3. The van der Waals surface area contributed by atoms with Crippen molar-refractivity contribution in [2.24, 2.45) is 0 Å². The molecule has 1 aliphatic rings. The van der Waals surface area contributed by atoms with Crippen LogP contribution in [0.15, 0.2) is 95.9 Å². The predicted octanol–water partition coefficient (Wildman–Crippen LogP) is 7.46. The molecule has 0 unspecified atom stereocenters. The number of likely N-dealkylation sites (tertiary alicyclic amines) is 1. The minimum Gasteiger partial charge on any atom is -0.457 e. The number of thioether (sulfide) groups is 1. The minimum atomic E-state index is -3.32. The Balaban J connectivity index is 0.00000461. The SMILES string of the molecule is CSc1cccc(NC2CCN(Cc3ccc(Oc4ccc(NS(C)(=O)=O)cc4)cc3)CC2)c1C(=O)Nc1ccc(F)cc1.Cl. The highest BCUT2D eigenvalue weighted by Crippen LogP contribution is 2.30. The number of nitrogens with zero attached hydrogens (tertiary/aromatic N) is 1. The fourth-order valence-electron chi connectivity index (χ4n) is 5.10. The second-order valence-corrected chi connectivity index (χ2v) is 13.3. The molecule has 238 valence electrons. The van der Waals surface area contributed by atoms with Crippen LogP contribution in [0.5, 0.6) is 11.5 Å². The number of benzene rings is 4. The smallest absolute Gasteiger partial charge is 0.258 e. The van der Waals surface area contributed by atoms with Crippen LogP contribution < -0.4 is 20.1 Å². The number of amides is 1. The first-order valence-electron chi connectivity index (χ1n) is 14.2.